The van der Waals surface area contributed by atoms with Crippen LogP contribution in [0.15, 0.2) is 18.2 Å². The van der Waals surface area contributed by atoms with Crippen molar-refractivity contribution in [2.45, 2.75) is 52.6 Å². The Morgan fingerprint density at radius 3 is 2.40 bits per heavy atom. The molecule has 1 aliphatic rings. The first-order chi connectivity index (χ1) is 9.71. The predicted octanol–water partition coefficient (Wildman–Crippen LogP) is 3.20. The number of hydrogen-bond donors (Lipinski definition) is 1. The number of piperidine rings is 1. The molecule has 0 aromatic carbocycles. The fraction of sp³-hybridized carbons (Fsp3) is 0.706. The summed E-state index contributed by atoms with van der Waals surface area (Å²) in [5.74, 6) is 0. The summed E-state index contributed by atoms with van der Waals surface area (Å²) in [4.78, 5) is 7.29. The van der Waals surface area contributed by atoms with Gasteiger partial charge in [-0.2, -0.15) is 0 Å². The second-order valence-electron chi connectivity index (χ2n) is 6.13. The lowest BCUT2D eigenvalue weighted by atomic mass is 9.74. The first-order valence-electron chi connectivity index (χ1n) is 8.03. The average Bonchev–Trinajstić information content (AvgIpc) is 2.49. The molecule has 1 aromatic heterocycles. The molecule has 2 rings (SSSR count). The van der Waals surface area contributed by atoms with E-state index in [0.29, 0.717) is 5.41 Å². The average molecular weight is 275 g/mol. The molecule has 1 N–H and O–H groups in total. The normalized spacial score (nSPS) is 19.1. The number of aromatic nitrogens is 1. The van der Waals surface area contributed by atoms with Crippen LogP contribution >= 0.6 is 0 Å². The van der Waals surface area contributed by atoms with E-state index in [4.69, 9.17) is 4.98 Å². The molecular formula is C17H29N3. The lowest BCUT2D eigenvalue weighted by Gasteiger charge is -2.41. The monoisotopic (exact) mass is 275 g/mol. The Labute approximate surface area is 123 Å². The minimum absolute atomic E-state index is 0.609. The maximum atomic E-state index is 4.73. The van der Waals surface area contributed by atoms with Crippen molar-refractivity contribution in [1.82, 2.24) is 15.2 Å². The highest BCUT2D eigenvalue weighted by atomic mass is 15.1. The van der Waals surface area contributed by atoms with Gasteiger partial charge in [0.1, 0.15) is 0 Å². The molecule has 0 spiro atoms. The van der Waals surface area contributed by atoms with E-state index in [1.165, 1.54) is 44.5 Å². The van der Waals surface area contributed by atoms with Gasteiger partial charge in [0.15, 0.2) is 0 Å². The Balaban J connectivity index is 1.90. The van der Waals surface area contributed by atoms with Crippen molar-refractivity contribution >= 4 is 0 Å². The van der Waals surface area contributed by atoms with Crippen LogP contribution in [0.1, 0.15) is 50.9 Å². The van der Waals surface area contributed by atoms with E-state index >= 15 is 0 Å². The fourth-order valence-electron chi connectivity index (χ4n) is 3.27. The molecule has 2 heterocycles. The van der Waals surface area contributed by atoms with Crippen LogP contribution in [0, 0.1) is 5.41 Å². The fourth-order valence-corrected chi connectivity index (χ4v) is 3.27. The number of hydrogen-bond acceptors (Lipinski definition) is 3. The van der Waals surface area contributed by atoms with Crippen LogP contribution < -0.4 is 5.32 Å². The lowest BCUT2D eigenvalue weighted by Crippen LogP contribution is -2.39. The van der Waals surface area contributed by atoms with E-state index in [0.717, 1.165) is 18.8 Å². The van der Waals surface area contributed by atoms with Crippen LogP contribution in [-0.4, -0.2) is 30.0 Å². The van der Waals surface area contributed by atoms with Crippen LogP contribution in [0.4, 0.5) is 0 Å². The largest absolute Gasteiger partial charge is 0.314 e. The third-order valence-corrected chi connectivity index (χ3v) is 5.02. The van der Waals surface area contributed by atoms with Gasteiger partial charge in [-0.05, 0) is 50.5 Å². The van der Waals surface area contributed by atoms with E-state index < -0.39 is 0 Å². The number of nitrogens with one attached hydrogen (secondary N) is 1. The van der Waals surface area contributed by atoms with Crippen molar-refractivity contribution in [3.05, 3.63) is 29.6 Å². The van der Waals surface area contributed by atoms with Gasteiger partial charge >= 0.3 is 0 Å². The van der Waals surface area contributed by atoms with Gasteiger partial charge in [-0.25, -0.2) is 0 Å². The third kappa shape index (κ3) is 3.80. The van der Waals surface area contributed by atoms with Gasteiger partial charge in [-0.3, -0.25) is 9.88 Å². The highest BCUT2D eigenvalue weighted by molar-refractivity contribution is 5.11. The smallest absolute Gasteiger partial charge is 0.0547 e. The van der Waals surface area contributed by atoms with Crippen molar-refractivity contribution in [3.63, 3.8) is 0 Å². The van der Waals surface area contributed by atoms with E-state index in [1.54, 1.807) is 0 Å². The van der Waals surface area contributed by atoms with Crippen molar-refractivity contribution in [3.8, 4) is 0 Å². The Hall–Kier alpha value is -0.930. The molecule has 1 fully saturated rings. The molecule has 0 radical (unpaired) electrons. The van der Waals surface area contributed by atoms with Gasteiger partial charge in [-0.1, -0.05) is 32.8 Å². The van der Waals surface area contributed by atoms with Crippen molar-refractivity contribution < 1.29 is 0 Å². The molecule has 3 nitrogen and oxygen atoms in total. The summed E-state index contributed by atoms with van der Waals surface area (Å²) in [6.07, 6.45) is 5.34. The number of pyridine rings is 1. The molecule has 112 valence electrons. The Bertz CT molecular complexity index is 402. The zero-order chi connectivity index (χ0) is 14.4. The van der Waals surface area contributed by atoms with Crippen LogP contribution in [0.5, 0.6) is 0 Å². The summed E-state index contributed by atoms with van der Waals surface area (Å²) in [6.45, 7) is 8.99. The highest BCUT2D eigenvalue weighted by Crippen LogP contribution is 2.38. The van der Waals surface area contributed by atoms with Gasteiger partial charge in [-0.15, -0.1) is 0 Å². The molecular weight excluding hydrogens is 246 g/mol. The maximum absolute atomic E-state index is 4.73. The third-order valence-electron chi connectivity index (χ3n) is 5.02. The lowest BCUT2D eigenvalue weighted by molar-refractivity contribution is 0.0900. The molecule has 0 atom stereocenters. The Morgan fingerprint density at radius 1 is 1.15 bits per heavy atom. The summed E-state index contributed by atoms with van der Waals surface area (Å²) in [5, 5.41) is 3.16. The molecule has 20 heavy (non-hydrogen) atoms. The number of likely N-dealkylation sites (tertiary alicyclic amines) is 1. The zero-order valence-electron chi connectivity index (χ0n) is 13.3. The summed E-state index contributed by atoms with van der Waals surface area (Å²) >= 11 is 0. The highest BCUT2D eigenvalue weighted by Gasteiger charge is 2.31. The van der Waals surface area contributed by atoms with Gasteiger partial charge < -0.3 is 5.32 Å². The molecule has 0 bridgehead atoms. The summed E-state index contributed by atoms with van der Waals surface area (Å²) < 4.78 is 0. The standard InChI is InChI=1S/C17H29N3/c1-4-17(5-2)9-11-20(12-10-17)14-16-8-6-7-15(19-16)13-18-3/h6-8,18H,4-5,9-14H2,1-3H3. The van der Waals surface area contributed by atoms with Gasteiger partial charge in [0, 0.05) is 13.1 Å². The van der Waals surface area contributed by atoms with Crippen LogP contribution in [0.3, 0.4) is 0 Å². The molecule has 1 aliphatic heterocycles. The maximum Gasteiger partial charge on any atom is 0.0547 e. The molecule has 3 heteroatoms. The SMILES string of the molecule is CCC1(CC)CCN(Cc2cccc(CNC)n2)CC1. The van der Waals surface area contributed by atoms with Gasteiger partial charge in [0.2, 0.25) is 0 Å². The van der Waals surface area contributed by atoms with E-state index in [1.807, 2.05) is 7.05 Å². The minimum atomic E-state index is 0.609. The summed E-state index contributed by atoms with van der Waals surface area (Å²) in [7, 11) is 1.97. The zero-order valence-corrected chi connectivity index (χ0v) is 13.3. The van der Waals surface area contributed by atoms with Crippen molar-refractivity contribution in [2.75, 3.05) is 20.1 Å². The quantitative estimate of drug-likeness (QED) is 0.864. The van der Waals surface area contributed by atoms with E-state index in [2.05, 4.69) is 42.3 Å². The topological polar surface area (TPSA) is 28.2 Å². The second-order valence-corrected chi connectivity index (χ2v) is 6.13. The Morgan fingerprint density at radius 2 is 1.80 bits per heavy atom. The Kier molecular flexibility index (Phi) is 5.55. The molecule has 0 saturated carbocycles. The molecule has 1 aromatic rings. The van der Waals surface area contributed by atoms with Gasteiger partial charge in [0.25, 0.3) is 0 Å². The predicted molar refractivity (Wildman–Crippen MR) is 84.5 cm³/mol. The molecule has 0 unspecified atom stereocenters. The summed E-state index contributed by atoms with van der Waals surface area (Å²) in [5.41, 5.74) is 2.95. The van der Waals surface area contributed by atoms with Crippen molar-refractivity contribution in [2.24, 2.45) is 5.41 Å². The first-order valence-corrected chi connectivity index (χ1v) is 8.03. The van der Waals surface area contributed by atoms with Crippen molar-refractivity contribution in [1.29, 1.82) is 0 Å². The van der Waals surface area contributed by atoms with Crippen LogP contribution in [0.2, 0.25) is 0 Å². The van der Waals surface area contributed by atoms with Gasteiger partial charge in [0.05, 0.1) is 11.4 Å². The molecule has 1 saturated heterocycles. The minimum Gasteiger partial charge on any atom is -0.314 e. The second kappa shape index (κ2) is 7.19. The van der Waals surface area contributed by atoms with E-state index in [9.17, 15) is 0 Å². The van der Waals surface area contributed by atoms with Crippen LogP contribution in [-0.2, 0) is 13.1 Å². The molecule has 0 amide bonds. The van der Waals surface area contributed by atoms with Crippen LogP contribution in [0.25, 0.3) is 0 Å². The number of nitrogens with zero attached hydrogens (tertiary/aromatic N) is 2. The molecule has 0 aliphatic carbocycles. The summed E-state index contributed by atoms with van der Waals surface area (Å²) in [6, 6.07) is 6.37. The first kappa shape index (κ1) is 15.5. The number of rotatable bonds is 6. The van der Waals surface area contributed by atoms with E-state index in [-0.39, 0.29) is 0 Å².